The maximum absolute atomic E-state index is 12.3. The molecule has 0 saturated heterocycles. The Labute approximate surface area is 111 Å². The van der Waals surface area contributed by atoms with E-state index in [9.17, 15) is 9.90 Å². The molecule has 2 saturated carbocycles. The van der Waals surface area contributed by atoms with E-state index in [2.05, 4.69) is 27.7 Å². The number of carbonyl (C=O) groups excluding carboxylic acids is 1. The van der Waals surface area contributed by atoms with Crippen LogP contribution in [0.15, 0.2) is 0 Å². The van der Waals surface area contributed by atoms with Crippen LogP contribution in [0.2, 0.25) is 0 Å². The molecule has 2 aliphatic carbocycles. The fourth-order valence-corrected chi connectivity index (χ4v) is 5.02. The Balaban J connectivity index is 2.36. The molecule has 104 valence electrons. The maximum atomic E-state index is 12.3. The molecule has 0 aromatic rings. The van der Waals surface area contributed by atoms with E-state index < -0.39 is 0 Å². The molecular formula is C16H28O2. The fraction of sp³-hybridized carbons (Fsp3) is 0.938. The van der Waals surface area contributed by atoms with E-state index in [-0.39, 0.29) is 23.4 Å². The van der Waals surface area contributed by atoms with Crippen molar-refractivity contribution < 1.29 is 9.90 Å². The van der Waals surface area contributed by atoms with Crippen LogP contribution in [0.25, 0.3) is 0 Å². The Kier molecular flexibility index (Phi) is 3.61. The van der Waals surface area contributed by atoms with Crippen molar-refractivity contribution in [3.63, 3.8) is 0 Å². The van der Waals surface area contributed by atoms with E-state index in [1.54, 1.807) is 0 Å². The van der Waals surface area contributed by atoms with Crippen LogP contribution in [0.5, 0.6) is 0 Å². The molecule has 0 bridgehead atoms. The predicted octanol–water partition coefficient (Wildman–Crippen LogP) is 3.43. The monoisotopic (exact) mass is 252 g/mol. The van der Waals surface area contributed by atoms with Crippen molar-refractivity contribution in [3.05, 3.63) is 0 Å². The first-order valence-electron chi connectivity index (χ1n) is 7.46. The second-order valence-corrected chi connectivity index (χ2v) is 7.48. The van der Waals surface area contributed by atoms with Crippen molar-refractivity contribution in [1.82, 2.24) is 0 Å². The molecule has 18 heavy (non-hydrogen) atoms. The summed E-state index contributed by atoms with van der Waals surface area (Å²) in [5, 5.41) is 9.35. The van der Waals surface area contributed by atoms with Gasteiger partial charge in [0, 0.05) is 18.9 Å². The Bertz CT molecular complexity index is 334. The summed E-state index contributed by atoms with van der Waals surface area (Å²) in [7, 11) is 0. The van der Waals surface area contributed by atoms with Crippen LogP contribution in [-0.4, -0.2) is 17.5 Å². The number of aliphatic hydroxyl groups excluding tert-OH is 1. The number of hydrogen-bond acceptors (Lipinski definition) is 2. The molecule has 4 atom stereocenters. The average Bonchev–Trinajstić information content (AvgIpc) is 2.28. The summed E-state index contributed by atoms with van der Waals surface area (Å²) in [6.07, 6.45) is 5.27. The molecule has 1 N–H and O–H groups in total. The first-order valence-corrected chi connectivity index (χ1v) is 7.46. The van der Waals surface area contributed by atoms with E-state index >= 15 is 0 Å². The number of hydrogen-bond donors (Lipinski definition) is 1. The highest BCUT2D eigenvalue weighted by molar-refractivity contribution is 5.82. The molecule has 2 aliphatic rings. The molecule has 0 unspecified atom stereocenters. The zero-order valence-corrected chi connectivity index (χ0v) is 12.3. The van der Waals surface area contributed by atoms with E-state index in [0.29, 0.717) is 17.6 Å². The van der Waals surface area contributed by atoms with E-state index in [4.69, 9.17) is 0 Å². The third-order valence-electron chi connectivity index (χ3n) is 6.08. The summed E-state index contributed by atoms with van der Waals surface area (Å²) in [4.78, 5) is 12.3. The van der Waals surface area contributed by atoms with E-state index in [1.165, 1.54) is 19.3 Å². The number of fused-ring (bicyclic) bond motifs is 1. The van der Waals surface area contributed by atoms with Gasteiger partial charge in [-0.15, -0.1) is 0 Å². The summed E-state index contributed by atoms with van der Waals surface area (Å²) in [6.45, 7) is 9.32. The molecule has 0 amide bonds. The van der Waals surface area contributed by atoms with Crippen LogP contribution in [0.4, 0.5) is 0 Å². The van der Waals surface area contributed by atoms with Crippen LogP contribution in [0.3, 0.4) is 0 Å². The average molecular weight is 252 g/mol. The molecule has 2 heteroatoms. The van der Waals surface area contributed by atoms with Gasteiger partial charge in [0.2, 0.25) is 0 Å². The fourth-order valence-electron chi connectivity index (χ4n) is 5.02. The number of carbonyl (C=O) groups is 1. The van der Waals surface area contributed by atoms with Gasteiger partial charge in [-0.05, 0) is 41.9 Å². The molecule has 2 fully saturated rings. The third kappa shape index (κ3) is 2.03. The minimum Gasteiger partial charge on any atom is -0.396 e. The van der Waals surface area contributed by atoms with E-state index in [0.717, 1.165) is 12.8 Å². The molecule has 0 heterocycles. The quantitative estimate of drug-likeness (QED) is 0.817. The first kappa shape index (κ1) is 14.0. The van der Waals surface area contributed by atoms with Gasteiger partial charge in [-0.2, -0.15) is 0 Å². The van der Waals surface area contributed by atoms with Gasteiger partial charge in [-0.25, -0.2) is 0 Å². The molecule has 2 rings (SSSR count). The lowest BCUT2D eigenvalue weighted by molar-refractivity contribution is -0.149. The summed E-state index contributed by atoms with van der Waals surface area (Å²) < 4.78 is 0. The molecule has 0 aromatic carbocycles. The number of ketones is 1. The Morgan fingerprint density at radius 2 is 1.94 bits per heavy atom. The third-order valence-corrected chi connectivity index (χ3v) is 6.08. The molecule has 0 aliphatic heterocycles. The van der Waals surface area contributed by atoms with Crippen LogP contribution < -0.4 is 0 Å². The smallest absolute Gasteiger partial charge is 0.136 e. The lowest BCUT2D eigenvalue weighted by atomic mass is 9.46. The Hall–Kier alpha value is -0.370. The van der Waals surface area contributed by atoms with Crippen molar-refractivity contribution in [2.24, 2.45) is 28.6 Å². The lowest BCUT2D eigenvalue weighted by Crippen LogP contribution is -2.54. The standard InChI is InChI=1S/C16H28O2/c1-11-12(6-9-17)16(4)8-5-7-15(2,3)14(16)10-13(11)18/h11-12,14,17H,5-10H2,1-4H3/t11-,12-,14-,16+/m0/s1. The number of Topliss-reactive ketones (excluding diaryl/α,β-unsaturated/α-hetero) is 1. The largest absolute Gasteiger partial charge is 0.396 e. The molecular weight excluding hydrogens is 224 g/mol. The minimum atomic E-state index is 0.132. The summed E-state index contributed by atoms with van der Waals surface area (Å²) in [6, 6.07) is 0. The summed E-state index contributed by atoms with van der Waals surface area (Å²) in [5.74, 6) is 1.42. The van der Waals surface area contributed by atoms with Gasteiger partial charge in [-0.1, -0.05) is 34.1 Å². The summed E-state index contributed by atoms with van der Waals surface area (Å²) >= 11 is 0. The van der Waals surface area contributed by atoms with Crippen molar-refractivity contribution in [2.45, 2.75) is 59.8 Å². The first-order chi connectivity index (χ1) is 8.33. The second kappa shape index (κ2) is 4.63. The highest BCUT2D eigenvalue weighted by Gasteiger charge is 2.55. The van der Waals surface area contributed by atoms with Gasteiger partial charge in [0.25, 0.3) is 0 Å². The van der Waals surface area contributed by atoms with Crippen LogP contribution in [0, 0.1) is 28.6 Å². The van der Waals surface area contributed by atoms with Crippen molar-refractivity contribution >= 4 is 5.78 Å². The normalized spacial score (nSPS) is 43.6. The highest BCUT2D eigenvalue weighted by Crippen LogP contribution is 2.60. The van der Waals surface area contributed by atoms with Gasteiger partial charge >= 0.3 is 0 Å². The van der Waals surface area contributed by atoms with Crippen molar-refractivity contribution in [3.8, 4) is 0 Å². The Morgan fingerprint density at radius 3 is 2.56 bits per heavy atom. The van der Waals surface area contributed by atoms with Gasteiger partial charge in [0.15, 0.2) is 0 Å². The second-order valence-electron chi connectivity index (χ2n) is 7.48. The van der Waals surface area contributed by atoms with Gasteiger partial charge in [0.05, 0.1) is 0 Å². The van der Waals surface area contributed by atoms with Gasteiger partial charge in [-0.3, -0.25) is 4.79 Å². The summed E-state index contributed by atoms with van der Waals surface area (Å²) in [5.41, 5.74) is 0.522. The lowest BCUT2D eigenvalue weighted by Gasteiger charge is -2.58. The van der Waals surface area contributed by atoms with Crippen LogP contribution in [-0.2, 0) is 4.79 Å². The van der Waals surface area contributed by atoms with Crippen LogP contribution >= 0.6 is 0 Å². The van der Waals surface area contributed by atoms with Crippen LogP contribution in [0.1, 0.15) is 59.8 Å². The van der Waals surface area contributed by atoms with Crippen molar-refractivity contribution in [1.29, 1.82) is 0 Å². The maximum Gasteiger partial charge on any atom is 0.136 e. The number of aliphatic hydroxyl groups is 1. The topological polar surface area (TPSA) is 37.3 Å². The SMILES string of the molecule is C[C@@H]1C(=O)C[C@H]2C(C)(C)CCC[C@]2(C)[C@H]1CCO. The minimum absolute atomic E-state index is 0.132. The predicted molar refractivity (Wildman–Crippen MR) is 73.2 cm³/mol. The Morgan fingerprint density at radius 1 is 1.28 bits per heavy atom. The van der Waals surface area contributed by atoms with E-state index in [1.807, 2.05) is 0 Å². The highest BCUT2D eigenvalue weighted by atomic mass is 16.3. The zero-order chi connectivity index (χ0) is 13.6. The molecule has 0 aromatic heterocycles. The number of rotatable bonds is 2. The van der Waals surface area contributed by atoms with Gasteiger partial charge in [0.1, 0.15) is 5.78 Å². The molecule has 0 spiro atoms. The van der Waals surface area contributed by atoms with Gasteiger partial charge < -0.3 is 5.11 Å². The zero-order valence-electron chi connectivity index (χ0n) is 12.3. The van der Waals surface area contributed by atoms with Crippen molar-refractivity contribution in [2.75, 3.05) is 6.61 Å². The molecule has 0 radical (unpaired) electrons. The molecule has 2 nitrogen and oxygen atoms in total.